The van der Waals surface area contributed by atoms with Gasteiger partial charge in [-0.2, -0.15) is 0 Å². The third-order valence-electron chi connectivity index (χ3n) is 2.17. The van der Waals surface area contributed by atoms with E-state index in [0.29, 0.717) is 0 Å². The third kappa shape index (κ3) is 1.28. The second-order valence-corrected chi connectivity index (χ2v) is 5.50. The van der Waals surface area contributed by atoms with Gasteiger partial charge in [0, 0.05) is 7.05 Å². The van der Waals surface area contributed by atoms with Crippen molar-refractivity contribution in [2.75, 3.05) is 14.2 Å². The first-order chi connectivity index (χ1) is 4.94. The molecule has 0 aliphatic heterocycles. The van der Waals surface area contributed by atoms with Crippen LogP contribution in [0, 0.1) is 0 Å². The van der Waals surface area contributed by atoms with Gasteiger partial charge in [-0.15, -0.1) is 0 Å². The molecule has 0 aromatic rings. The minimum Gasteiger partial charge on any atom is -0.288 e. The maximum Gasteiger partial charge on any atom is 0.241 e. The molecule has 0 aromatic heterocycles. The second kappa shape index (κ2) is 2.43. The summed E-state index contributed by atoms with van der Waals surface area (Å²) < 4.78 is 23.3. The van der Waals surface area contributed by atoms with Gasteiger partial charge in [-0.05, 0) is 19.8 Å². The first-order valence-corrected chi connectivity index (χ1v) is 4.91. The summed E-state index contributed by atoms with van der Waals surface area (Å²) in [6.07, 6.45) is 1.48. The Morgan fingerprint density at radius 2 is 1.91 bits per heavy atom. The number of nitrogens with zero attached hydrogens (tertiary/aromatic N) is 1. The van der Waals surface area contributed by atoms with Crippen LogP contribution in [0.1, 0.15) is 19.8 Å². The zero-order valence-corrected chi connectivity index (χ0v) is 7.81. The van der Waals surface area contributed by atoms with Crippen LogP contribution in [0.5, 0.6) is 0 Å². The van der Waals surface area contributed by atoms with E-state index in [1.165, 1.54) is 14.2 Å². The van der Waals surface area contributed by atoms with Gasteiger partial charge >= 0.3 is 0 Å². The minimum absolute atomic E-state index is 0.558. The minimum atomic E-state index is -3.20. The molecule has 0 aromatic carbocycles. The van der Waals surface area contributed by atoms with Crippen molar-refractivity contribution < 1.29 is 13.3 Å². The molecule has 0 saturated heterocycles. The number of hydroxylamine groups is 1. The van der Waals surface area contributed by atoms with E-state index in [9.17, 15) is 8.42 Å². The summed E-state index contributed by atoms with van der Waals surface area (Å²) in [6.45, 7) is 1.73. The van der Waals surface area contributed by atoms with E-state index >= 15 is 0 Å². The lowest BCUT2D eigenvalue weighted by molar-refractivity contribution is -0.0270. The molecule has 1 fully saturated rings. The van der Waals surface area contributed by atoms with E-state index in [2.05, 4.69) is 4.84 Å². The van der Waals surface area contributed by atoms with Gasteiger partial charge in [0.2, 0.25) is 10.0 Å². The quantitative estimate of drug-likeness (QED) is 0.588. The van der Waals surface area contributed by atoms with E-state index in [1.54, 1.807) is 6.92 Å². The Morgan fingerprint density at radius 1 is 1.45 bits per heavy atom. The monoisotopic (exact) mass is 179 g/mol. The Labute approximate surface area is 67.1 Å². The maximum absolute atomic E-state index is 11.4. The Bertz CT molecular complexity index is 243. The number of hydrogen-bond donors (Lipinski definition) is 0. The smallest absolute Gasteiger partial charge is 0.241 e. The second-order valence-electron chi connectivity index (χ2n) is 3.05. The molecule has 0 radical (unpaired) electrons. The van der Waals surface area contributed by atoms with Crippen molar-refractivity contribution in [3.8, 4) is 0 Å². The predicted octanol–water partition coefficient (Wildman–Crippen LogP) is 0.362. The highest BCUT2D eigenvalue weighted by molar-refractivity contribution is 7.90. The van der Waals surface area contributed by atoms with Gasteiger partial charge in [-0.3, -0.25) is 4.84 Å². The van der Waals surface area contributed by atoms with Crippen LogP contribution in [0.15, 0.2) is 0 Å². The molecule has 1 aliphatic carbocycles. The number of rotatable bonds is 3. The molecule has 0 atom stereocenters. The van der Waals surface area contributed by atoms with E-state index in [1.807, 2.05) is 0 Å². The van der Waals surface area contributed by atoms with E-state index < -0.39 is 14.8 Å². The molecule has 0 heterocycles. The third-order valence-corrected chi connectivity index (χ3v) is 4.65. The van der Waals surface area contributed by atoms with Crippen molar-refractivity contribution in [1.29, 1.82) is 0 Å². The normalized spacial score (nSPS) is 22.2. The van der Waals surface area contributed by atoms with Gasteiger partial charge < -0.3 is 0 Å². The van der Waals surface area contributed by atoms with Crippen molar-refractivity contribution in [3.63, 3.8) is 0 Å². The maximum atomic E-state index is 11.4. The Balaban J connectivity index is 2.83. The summed E-state index contributed by atoms with van der Waals surface area (Å²) in [5.74, 6) is 0. The lowest BCUT2D eigenvalue weighted by Gasteiger charge is -2.18. The lowest BCUT2D eigenvalue weighted by atomic mass is 10.5. The summed E-state index contributed by atoms with van der Waals surface area (Å²) in [5.41, 5.74) is 0. The van der Waals surface area contributed by atoms with Crippen molar-refractivity contribution in [1.82, 2.24) is 4.47 Å². The van der Waals surface area contributed by atoms with Crippen molar-refractivity contribution in [2.24, 2.45) is 0 Å². The van der Waals surface area contributed by atoms with E-state index in [-0.39, 0.29) is 0 Å². The van der Waals surface area contributed by atoms with E-state index in [0.717, 1.165) is 17.3 Å². The Morgan fingerprint density at radius 3 is 2.18 bits per heavy atom. The molecule has 0 amide bonds. The SMILES string of the molecule is CON(C)S(=O)(=O)C1(C)CC1. The average Bonchev–Trinajstić information content (AvgIpc) is 2.67. The van der Waals surface area contributed by atoms with Gasteiger partial charge in [0.25, 0.3) is 0 Å². The van der Waals surface area contributed by atoms with Crippen LogP contribution >= 0.6 is 0 Å². The molecular weight excluding hydrogens is 166 g/mol. The highest BCUT2D eigenvalue weighted by Gasteiger charge is 2.52. The highest BCUT2D eigenvalue weighted by Crippen LogP contribution is 2.44. The summed E-state index contributed by atoms with van der Waals surface area (Å²) in [4.78, 5) is 4.63. The standard InChI is InChI=1S/C6H13NO3S/c1-6(4-5-6)11(8,9)7(2)10-3/h4-5H2,1-3H3. The molecule has 1 aliphatic rings. The highest BCUT2D eigenvalue weighted by atomic mass is 32.2. The van der Waals surface area contributed by atoms with Gasteiger partial charge in [-0.1, -0.05) is 4.47 Å². The zero-order chi connectivity index (χ0) is 8.70. The van der Waals surface area contributed by atoms with Crippen LogP contribution in [-0.4, -0.2) is 31.8 Å². The van der Waals surface area contributed by atoms with Gasteiger partial charge in [0.05, 0.1) is 11.9 Å². The van der Waals surface area contributed by atoms with Crippen LogP contribution in [0.2, 0.25) is 0 Å². The molecule has 11 heavy (non-hydrogen) atoms. The summed E-state index contributed by atoms with van der Waals surface area (Å²) in [7, 11) is -0.438. The number of hydrogen-bond acceptors (Lipinski definition) is 3. The predicted molar refractivity (Wildman–Crippen MR) is 41.3 cm³/mol. The van der Waals surface area contributed by atoms with Crippen LogP contribution < -0.4 is 0 Å². The molecule has 1 rings (SSSR count). The van der Waals surface area contributed by atoms with Gasteiger partial charge in [-0.25, -0.2) is 8.42 Å². The first kappa shape index (κ1) is 8.96. The van der Waals surface area contributed by atoms with E-state index in [4.69, 9.17) is 0 Å². The van der Waals surface area contributed by atoms with Crippen molar-refractivity contribution in [2.45, 2.75) is 24.5 Å². The molecular formula is C6H13NO3S. The zero-order valence-electron chi connectivity index (χ0n) is 6.99. The molecule has 4 nitrogen and oxygen atoms in total. The molecule has 66 valence electrons. The van der Waals surface area contributed by atoms with Crippen LogP contribution in [-0.2, 0) is 14.9 Å². The molecule has 5 heteroatoms. The van der Waals surface area contributed by atoms with Crippen molar-refractivity contribution in [3.05, 3.63) is 0 Å². The van der Waals surface area contributed by atoms with Crippen LogP contribution in [0.25, 0.3) is 0 Å². The fourth-order valence-corrected chi connectivity index (χ4v) is 2.28. The lowest BCUT2D eigenvalue weighted by Crippen LogP contribution is -2.35. The van der Waals surface area contributed by atoms with Gasteiger partial charge in [0.1, 0.15) is 0 Å². The Hall–Kier alpha value is -0.130. The molecule has 0 spiro atoms. The summed E-state index contributed by atoms with van der Waals surface area (Å²) in [6, 6.07) is 0. The summed E-state index contributed by atoms with van der Waals surface area (Å²) >= 11 is 0. The average molecular weight is 179 g/mol. The molecule has 0 unspecified atom stereocenters. The van der Waals surface area contributed by atoms with Crippen LogP contribution in [0.4, 0.5) is 0 Å². The topological polar surface area (TPSA) is 46.6 Å². The fourth-order valence-electron chi connectivity index (χ4n) is 0.842. The number of sulfonamides is 1. The molecule has 0 bridgehead atoms. The fraction of sp³-hybridized carbons (Fsp3) is 1.00. The Kier molecular flexibility index (Phi) is 1.98. The van der Waals surface area contributed by atoms with Crippen LogP contribution in [0.3, 0.4) is 0 Å². The first-order valence-electron chi connectivity index (χ1n) is 3.47. The largest absolute Gasteiger partial charge is 0.288 e. The summed E-state index contributed by atoms with van der Waals surface area (Å²) in [5, 5.41) is 0. The molecule has 0 N–H and O–H groups in total. The molecule has 1 saturated carbocycles. The van der Waals surface area contributed by atoms with Gasteiger partial charge in [0.15, 0.2) is 0 Å². The van der Waals surface area contributed by atoms with Crippen molar-refractivity contribution >= 4 is 10.0 Å².